The molecule has 2 atom stereocenters. The van der Waals surface area contributed by atoms with Gasteiger partial charge >= 0.3 is 0 Å². The molecule has 96 valence electrons. The molecule has 2 fully saturated rings. The van der Waals surface area contributed by atoms with E-state index < -0.39 is 0 Å². The number of rotatable bonds is 2. The summed E-state index contributed by atoms with van der Waals surface area (Å²) in [5.41, 5.74) is 7.17. The largest absolute Gasteiger partial charge is 0.382 e. The first kappa shape index (κ1) is 11.5. The Morgan fingerprint density at radius 1 is 1.28 bits per heavy atom. The van der Waals surface area contributed by atoms with E-state index in [4.69, 9.17) is 11.1 Å². The van der Waals surface area contributed by atoms with Gasteiger partial charge in [0.15, 0.2) is 0 Å². The number of fused-ring (bicyclic) bond motifs is 2. The molecule has 0 spiro atoms. The van der Waals surface area contributed by atoms with Gasteiger partial charge in [0.05, 0.1) is 11.9 Å². The lowest BCUT2D eigenvalue weighted by Crippen LogP contribution is -2.42. The molecule has 1 aliphatic carbocycles. The lowest BCUT2D eigenvalue weighted by molar-refractivity contribution is 0.231. The molecule has 3 rings (SSSR count). The quantitative estimate of drug-likeness (QED) is 0.617. The van der Waals surface area contributed by atoms with Crippen LogP contribution in [0.25, 0.3) is 0 Å². The number of nitrogens with two attached hydrogens (primary N) is 1. The Bertz CT molecular complexity index is 428. The molecule has 2 bridgehead atoms. The van der Waals surface area contributed by atoms with Crippen LogP contribution >= 0.6 is 0 Å². The number of nitrogens with one attached hydrogen (secondary N) is 1. The summed E-state index contributed by atoms with van der Waals surface area (Å²) in [4.78, 5) is 6.71. The zero-order valence-corrected chi connectivity index (χ0v) is 10.6. The monoisotopic (exact) mass is 244 g/mol. The summed E-state index contributed by atoms with van der Waals surface area (Å²) in [6.45, 7) is 2.33. The van der Waals surface area contributed by atoms with E-state index in [-0.39, 0.29) is 5.84 Å². The molecule has 1 aromatic heterocycles. The molecule has 4 heteroatoms. The van der Waals surface area contributed by atoms with E-state index >= 15 is 0 Å². The Morgan fingerprint density at radius 2 is 2.00 bits per heavy atom. The Balaban J connectivity index is 1.76. The maximum absolute atomic E-state index is 7.35. The first-order valence-electron chi connectivity index (χ1n) is 6.78. The van der Waals surface area contributed by atoms with Crippen LogP contribution in [0.15, 0.2) is 18.3 Å². The van der Waals surface area contributed by atoms with Crippen LogP contribution in [-0.2, 0) is 0 Å². The fourth-order valence-electron chi connectivity index (χ4n) is 3.38. The maximum Gasteiger partial charge on any atom is 0.141 e. The molecule has 2 aliphatic rings. The molecule has 2 heterocycles. The van der Waals surface area contributed by atoms with Gasteiger partial charge in [-0.1, -0.05) is 6.42 Å². The van der Waals surface area contributed by atoms with E-state index in [1.165, 1.54) is 31.4 Å². The van der Waals surface area contributed by atoms with Crippen LogP contribution < -0.4 is 10.6 Å². The molecular weight excluding hydrogens is 224 g/mol. The summed E-state index contributed by atoms with van der Waals surface area (Å²) in [7, 11) is 0. The van der Waals surface area contributed by atoms with Crippen molar-refractivity contribution in [3.8, 4) is 0 Å². The molecule has 1 aromatic rings. The van der Waals surface area contributed by atoms with Crippen molar-refractivity contribution in [1.82, 2.24) is 4.98 Å². The molecule has 0 amide bonds. The van der Waals surface area contributed by atoms with Gasteiger partial charge in [0.1, 0.15) is 11.5 Å². The Kier molecular flexibility index (Phi) is 2.94. The zero-order valence-electron chi connectivity index (χ0n) is 10.6. The number of anilines is 1. The molecule has 3 N–H and O–H groups in total. The standard InChI is InChI=1S/C14H20N4/c15-14(16)13-5-4-12(7-17-13)18-8-10-2-1-3-11(6-10)9-18/h4-5,7,10-11H,1-3,6,8-9H2,(H3,15,16). The summed E-state index contributed by atoms with van der Waals surface area (Å²) in [6, 6.07) is 3.90. The summed E-state index contributed by atoms with van der Waals surface area (Å²) in [5.74, 6) is 1.77. The van der Waals surface area contributed by atoms with E-state index in [0.717, 1.165) is 24.9 Å². The average Bonchev–Trinajstić information content (AvgIpc) is 2.38. The maximum atomic E-state index is 7.35. The summed E-state index contributed by atoms with van der Waals surface area (Å²) in [5, 5.41) is 7.35. The smallest absolute Gasteiger partial charge is 0.141 e. The molecule has 0 radical (unpaired) electrons. The van der Waals surface area contributed by atoms with E-state index in [0.29, 0.717) is 5.69 Å². The number of amidine groups is 1. The van der Waals surface area contributed by atoms with Crippen molar-refractivity contribution in [1.29, 1.82) is 5.41 Å². The highest BCUT2D eigenvalue weighted by atomic mass is 15.1. The Hall–Kier alpha value is -1.58. The number of nitrogen functional groups attached to an aromatic ring is 1. The van der Waals surface area contributed by atoms with E-state index in [9.17, 15) is 0 Å². The normalized spacial score (nSPS) is 27.0. The van der Waals surface area contributed by atoms with Crippen molar-refractivity contribution in [3.05, 3.63) is 24.0 Å². The highest BCUT2D eigenvalue weighted by Gasteiger charge is 2.30. The topological polar surface area (TPSA) is 66.0 Å². The van der Waals surface area contributed by atoms with Crippen LogP contribution in [0.5, 0.6) is 0 Å². The fraction of sp³-hybridized carbons (Fsp3) is 0.571. The lowest BCUT2D eigenvalue weighted by Gasteiger charge is -2.42. The Labute approximate surface area is 108 Å². The number of piperidine rings is 1. The second-order valence-electron chi connectivity index (χ2n) is 5.62. The first-order valence-corrected chi connectivity index (χ1v) is 6.78. The van der Waals surface area contributed by atoms with Gasteiger partial charge < -0.3 is 10.6 Å². The van der Waals surface area contributed by atoms with E-state index in [1.807, 2.05) is 18.3 Å². The van der Waals surface area contributed by atoms with Crippen LogP contribution in [0.1, 0.15) is 31.4 Å². The summed E-state index contributed by atoms with van der Waals surface area (Å²) in [6.07, 6.45) is 7.44. The third kappa shape index (κ3) is 2.19. The van der Waals surface area contributed by atoms with Crippen molar-refractivity contribution in [3.63, 3.8) is 0 Å². The van der Waals surface area contributed by atoms with Crippen LogP contribution in [0, 0.1) is 17.2 Å². The van der Waals surface area contributed by atoms with Gasteiger partial charge in [-0.2, -0.15) is 0 Å². The predicted octanol–water partition coefficient (Wildman–Crippen LogP) is 1.99. The molecule has 2 unspecified atom stereocenters. The molecule has 1 saturated carbocycles. The van der Waals surface area contributed by atoms with Crippen LogP contribution in [0.3, 0.4) is 0 Å². The minimum atomic E-state index is 0.0389. The lowest BCUT2D eigenvalue weighted by atomic mass is 9.78. The van der Waals surface area contributed by atoms with Gasteiger partial charge in [0, 0.05) is 13.1 Å². The van der Waals surface area contributed by atoms with Gasteiger partial charge in [-0.15, -0.1) is 0 Å². The summed E-state index contributed by atoms with van der Waals surface area (Å²) >= 11 is 0. The Morgan fingerprint density at radius 3 is 2.56 bits per heavy atom. The average molecular weight is 244 g/mol. The second kappa shape index (κ2) is 4.59. The zero-order chi connectivity index (χ0) is 12.5. The third-order valence-corrected chi connectivity index (χ3v) is 4.24. The fourth-order valence-corrected chi connectivity index (χ4v) is 3.38. The predicted molar refractivity (Wildman–Crippen MR) is 72.9 cm³/mol. The third-order valence-electron chi connectivity index (χ3n) is 4.24. The molecule has 0 aromatic carbocycles. The highest BCUT2D eigenvalue weighted by molar-refractivity contribution is 5.93. The van der Waals surface area contributed by atoms with Gasteiger partial charge in [-0.3, -0.25) is 10.4 Å². The number of pyridine rings is 1. The number of hydrogen-bond donors (Lipinski definition) is 2. The van der Waals surface area contributed by atoms with Gasteiger partial charge in [-0.05, 0) is 43.2 Å². The minimum absolute atomic E-state index is 0.0389. The van der Waals surface area contributed by atoms with Crippen molar-refractivity contribution in [2.24, 2.45) is 17.6 Å². The number of hydrogen-bond acceptors (Lipinski definition) is 3. The molecule has 4 nitrogen and oxygen atoms in total. The van der Waals surface area contributed by atoms with Crippen molar-refractivity contribution >= 4 is 11.5 Å². The van der Waals surface area contributed by atoms with E-state index in [1.54, 1.807) is 0 Å². The number of aromatic nitrogens is 1. The van der Waals surface area contributed by atoms with Crippen molar-refractivity contribution in [2.75, 3.05) is 18.0 Å². The van der Waals surface area contributed by atoms with Crippen molar-refractivity contribution < 1.29 is 0 Å². The highest BCUT2D eigenvalue weighted by Crippen LogP contribution is 2.36. The van der Waals surface area contributed by atoms with Gasteiger partial charge in [0.2, 0.25) is 0 Å². The number of nitrogens with zero attached hydrogens (tertiary/aromatic N) is 2. The van der Waals surface area contributed by atoms with Crippen LogP contribution in [-0.4, -0.2) is 23.9 Å². The molecule has 1 aliphatic heterocycles. The van der Waals surface area contributed by atoms with Gasteiger partial charge in [0.25, 0.3) is 0 Å². The first-order chi connectivity index (χ1) is 8.72. The molecule has 18 heavy (non-hydrogen) atoms. The van der Waals surface area contributed by atoms with Crippen molar-refractivity contribution in [2.45, 2.75) is 25.7 Å². The minimum Gasteiger partial charge on any atom is -0.382 e. The molecular formula is C14H20N4. The van der Waals surface area contributed by atoms with E-state index in [2.05, 4.69) is 9.88 Å². The van der Waals surface area contributed by atoms with Crippen LogP contribution in [0.4, 0.5) is 5.69 Å². The van der Waals surface area contributed by atoms with Gasteiger partial charge in [-0.25, -0.2) is 0 Å². The SMILES string of the molecule is N=C(N)c1ccc(N2CC3CCCC(C3)C2)cn1. The molecule has 1 saturated heterocycles. The van der Waals surface area contributed by atoms with Crippen LogP contribution in [0.2, 0.25) is 0 Å². The second-order valence-corrected chi connectivity index (χ2v) is 5.62. The summed E-state index contributed by atoms with van der Waals surface area (Å²) < 4.78 is 0.